The summed E-state index contributed by atoms with van der Waals surface area (Å²) in [5.41, 5.74) is 9.36. The lowest BCUT2D eigenvalue weighted by atomic mass is 9.97. The highest BCUT2D eigenvalue weighted by Gasteiger charge is 2.20. The molecule has 5 heteroatoms. The molecule has 0 radical (unpaired) electrons. The average molecular weight is 369 g/mol. The number of ether oxygens (including phenoxy) is 2. The molecule has 2 N–H and O–H groups in total. The first-order valence-corrected chi connectivity index (χ1v) is 7.83. The molecule has 110 valence electrons. The Hall–Kier alpha value is -1.23. The number of hydrogen-bond donors (Lipinski definition) is 1. The fourth-order valence-electron chi connectivity index (χ4n) is 2.44. The van der Waals surface area contributed by atoms with Crippen LogP contribution in [0.2, 0.25) is 5.02 Å². The highest BCUT2D eigenvalue weighted by molar-refractivity contribution is 9.10. The second kappa shape index (κ2) is 5.87. The van der Waals surface area contributed by atoms with Crippen molar-refractivity contribution >= 4 is 27.5 Å². The van der Waals surface area contributed by atoms with E-state index in [1.807, 2.05) is 25.1 Å². The van der Waals surface area contributed by atoms with Crippen LogP contribution in [0.1, 0.15) is 22.7 Å². The van der Waals surface area contributed by atoms with Gasteiger partial charge in [-0.2, -0.15) is 0 Å². The van der Waals surface area contributed by atoms with E-state index in [1.54, 1.807) is 6.07 Å². The molecule has 2 aromatic rings. The minimum absolute atomic E-state index is 0.315. The van der Waals surface area contributed by atoms with E-state index >= 15 is 0 Å². The third kappa shape index (κ3) is 3.03. The van der Waals surface area contributed by atoms with Gasteiger partial charge < -0.3 is 15.2 Å². The predicted octanol–water partition coefficient (Wildman–Crippen LogP) is 4.23. The van der Waals surface area contributed by atoms with E-state index in [0.29, 0.717) is 29.7 Å². The molecule has 1 aliphatic rings. The molecular formula is C16H15BrClNO2. The molecule has 3 nitrogen and oxygen atoms in total. The molecule has 21 heavy (non-hydrogen) atoms. The van der Waals surface area contributed by atoms with Crippen LogP contribution in [0.3, 0.4) is 0 Å². The lowest BCUT2D eigenvalue weighted by molar-refractivity contribution is 0.171. The summed E-state index contributed by atoms with van der Waals surface area (Å²) in [4.78, 5) is 0. The van der Waals surface area contributed by atoms with Crippen molar-refractivity contribution in [2.45, 2.75) is 13.0 Å². The number of halogens is 2. The highest BCUT2D eigenvalue weighted by atomic mass is 79.9. The monoisotopic (exact) mass is 367 g/mol. The van der Waals surface area contributed by atoms with Crippen LogP contribution in [0, 0.1) is 6.92 Å². The number of fused-ring (bicyclic) bond motifs is 1. The lowest BCUT2D eigenvalue weighted by Crippen LogP contribution is -2.17. The Balaban J connectivity index is 2.02. The molecule has 0 saturated carbocycles. The first-order valence-electron chi connectivity index (χ1n) is 6.66. The third-order valence-electron chi connectivity index (χ3n) is 3.42. The fraction of sp³-hybridized carbons (Fsp3) is 0.250. The van der Waals surface area contributed by atoms with Crippen molar-refractivity contribution in [3.8, 4) is 11.5 Å². The van der Waals surface area contributed by atoms with Crippen LogP contribution in [0.15, 0.2) is 34.8 Å². The van der Waals surface area contributed by atoms with Gasteiger partial charge in [-0.1, -0.05) is 33.6 Å². The maximum Gasteiger partial charge on any atom is 0.162 e. The highest BCUT2D eigenvalue weighted by Crippen LogP contribution is 2.39. The van der Waals surface area contributed by atoms with Gasteiger partial charge in [-0.05, 0) is 41.8 Å². The summed E-state index contributed by atoms with van der Waals surface area (Å²) in [5, 5.41) is 0.587. The molecule has 0 amide bonds. The Morgan fingerprint density at radius 2 is 1.76 bits per heavy atom. The minimum atomic E-state index is -0.315. The number of nitrogens with two attached hydrogens (primary N) is 1. The van der Waals surface area contributed by atoms with Gasteiger partial charge in [0.05, 0.1) is 6.04 Å². The Morgan fingerprint density at radius 3 is 2.43 bits per heavy atom. The van der Waals surface area contributed by atoms with E-state index in [2.05, 4.69) is 22.0 Å². The Labute approximate surface area is 137 Å². The van der Waals surface area contributed by atoms with Gasteiger partial charge in [0.1, 0.15) is 13.2 Å². The molecule has 1 heterocycles. The Morgan fingerprint density at radius 1 is 1.10 bits per heavy atom. The first-order chi connectivity index (χ1) is 10.0. The van der Waals surface area contributed by atoms with Crippen LogP contribution in [-0.2, 0) is 0 Å². The molecule has 0 fully saturated rings. The summed E-state index contributed by atoms with van der Waals surface area (Å²) in [7, 11) is 0. The smallest absolute Gasteiger partial charge is 0.162 e. The molecule has 3 rings (SSSR count). The molecule has 1 aliphatic heterocycles. The van der Waals surface area contributed by atoms with Crippen molar-refractivity contribution in [1.29, 1.82) is 0 Å². The zero-order chi connectivity index (χ0) is 15.0. The normalized spacial score (nSPS) is 14.9. The molecule has 0 bridgehead atoms. The molecular weight excluding hydrogens is 354 g/mol. The van der Waals surface area contributed by atoms with E-state index in [1.165, 1.54) is 0 Å². The van der Waals surface area contributed by atoms with Crippen molar-refractivity contribution < 1.29 is 9.47 Å². The van der Waals surface area contributed by atoms with E-state index in [0.717, 1.165) is 21.2 Å². The molecule has 0 saturated heterocycles. The zero-order valence-corrected chi connectivity index (χ0v) is 13.9. The Kier molecular flexibility index (Phi) is 4.11. The predicted molar refractivity (Wildman–Crippen MR) is 87.4 cm³/mol. The van der Waals surface area contributed by atoms with Gasteiger partial charge in [0.2, 0.25) is 0 Å². The molecule has 1 unspecified atom stereocenters. The van der Waals surface area contributed by atoms with Crippen molar-refractivity contribution in [3.05, 3.63) is 56.5 Å². The molecule has 0 aromatic heterocycles. The summed E-state index contributed by atoms with van der Waals surface area (Å²) >= 11 is 9.86. The topological polar surface area (TPSA) is 44.5 Å². The van der Waals surface area contributed by atoms with Gasteiger partial charge in [0.25, 0.3) is 0 Å². The number of aryl methyl sites for hydroxylation is 1. The standard InChI is InChI=1S/C16H15BrClNO2/c1-9-4-10(6-11(17)5-9)16(19)12-7-14-15(8-13(12)18)21-3-2-20-14/h4-8,16H,2-3,19H2,1H3. The Bertz CT molecular complexity index is 670. The maximum atomic E-state index is 6.39. The summed E-state index contributed by atoms with van der Waals surface area (Å²) in [6, 6.07) is 9.44. The van der Waals surface area contributed by atoms with E-state index in [9.17, 15) is 0 Å². The van der Waals surface area contributed by atoms with Gasteiger partial charge in [-0.3, -0.25) is 0 Å². The van der Waals surface area contributed by atoms with Gasteiger partial charge in [0, 0.05) is 15.6 Å². The van der Waals surface area contributed by atoms with E-state index in [4.69, 9.17) is 26.8 Å². The molecule has 0 spiro atoms. The molecule has 1 atom stereocenters. The quantitative estimate of drug-likeness (QED) is 0.862. The minimum Gasteiger partial charge on any atom is -0.486 e. The van der Waals surface area contributed by atoms with Gasteiger partial charge in [0.15, 0.2) is 11.5 Å². The summed E-state index contributed by atoms with van der Waals surface area (Å²) in [5.74, 6) is 1.37. The summed E-state index contributed by atoms with van der Waals surface area (Å²) < 4.78 is 12.1. The molecule has 2 aromatic carbocycles. The van der Waals surface area contributed by atoms with E-state index in [-0.39, 0.29) is 6.04 Å². The van der Waals surface area contributed by atoms with Crippen molar-refractivity contribution in [2.75, 3.05) is 13.2 Å². The van der Waals surface area contributed by atoms with Crippen LogP contribution >= 0.6 is 27.5 Å². The lowest BCUT2D eigenvalue weighted by Gasteiger charge is -2.22. The largest absolute Gasteiger partial charge is 0.486 e. The fourth-order valence-corrected chi connectivity index (χ4v) is 3.34. The average Bonchev–Trinajstić information content (AvgIpc) is 2.44. The maximum absolute atomic E-state index is 6.39. The van der Waals surface area contributed by atoms with Crippen molar-refractivity contribution in [1.82, 2.24) is 0 Å². The summed E-state index contributed by atoms with van der Waals surface area (Å²) in [6.45, 7) is 3.12. The first kappa shape index (κ1) is 14.7. The van der Waals surface area contributed by atoms with Crippen LogP contribution in [-0.4, -0.2) is 13.2 Å². The number of benzene rings is 2. The van der Waals surface area contributed by atoms with Crippen LogP contribution in [0.4, 0.5) is 0 Å². The van der Waals surface area contributed by atoms with E-state index < -0.39 is 0 Å². The van der Waals surface area contributed by atoms with Gasteiger partial charge in [-0.25, -0.2) is 0 Å². The number of hydrogen-bond acceptors (Lipinski definition) is 3. The van der Waals surface area contributed by atoms with Crippen LogP contribution in [0.25, 0.3) is 0 Å². The molecule has 0 aliphatic carbocycles. The van der Waals surface area contributed by atoms with Crippen LogP contribution in [0.5, 0.6) is 11.5 Å². The SMILES string of the molecule is Cc1cc(Br)cc(C(N)c2cc3c(cc2Cl)OCCO3)c1. The second-order valence-electron chi connectivity index (χ2n) is 5.06. The number of rotatable bonds is 2. The van der Waals surface area contributed by atoms with Gasteiger partial charge in [-0.15, -0.1) is 0 Å². The zero-order valence-electron chi connectivity index (χ0n) is 11.5. The van der Waals surface area contributed by atoms with Crippen molar-refractivity contribution in [2.24, 2.45) is 5.73 Å². The second-order valence-corrected chi connectivity index (χ2v) is 6.38. The van der Waals surface area contributed by atoms with Crippen molar-refractivity contribution in [3.63, 3.8) is 0 Å². The third-order valence-corrected chi connectivity index (χ3v) is 4.21. The summed E-state index contributed by atoms with van der Waals surface area (Å²) in [6.07, 6.45) is 0. The van der Waals surface area contributed by atoms with Crippen LogP contribution < -0.4 is 15.2 Å². The van der Waals surface area contributed by atoms with Gasteiger partial charge >= 0.3 is 0 Å².